The predicted molar refractivity (Wildman–Crippen MR) is 84.9 cm³/mol. The quantitative estimate of drug-likeness (QED) is 0.946. The van der Waals surface area contributed by atoms with Gasteiger partial charge in [-0.15, -0.1) is 0 Å². The van der Waals surface area contributed by atoms with E-state index in [2.05, 4.69) is 10.3 Å². The van der Waals surface area contributed by atoms with Crippen molar-refractivity contribution in [3.05, 3.63) is 64.9 Å². The second-order valence-electron chi connectivity index (χ2n) is 5.37. The minimum Gasteiger partial charge on any atom is -0.381 e. The molecular formula is C17H17ClN2O2. The van der Waals surface area contributed by atoms with Crippen LogP contribution in [0, 0.1) is 0 Å². The van der Waals surface area contributed by atoms with Crippen molar-refractivity contribution in [1.29, 1.82) is 0 Å². The van der Waals surface area contributed by atoms with Crippen molar-refractivity contribution in [2.24, 2.45) is 0 Å². The standard InChI is InChI=1S/C17H17ClN2O2/c18-14-6-4-13(5-7-14)17(8-11-22-12-9-17)20-16(21)15-3-1-2-10-19-15/h1-7,10H,8-9,11-12H2,(H,20,21). The largest absolute Gasteiger partial charge is 0.381 e. The van der Waals surface area contributed by atoms with E-state index in [0.29, 0.717) is 23.9 Å². The number of amides is 1. The summed E-state index contributed by atoms with van der Waals surface area (Å²) in [5.41, 5.74) is 1.03. The third kappa shape index (κ3) is 3.13. The first-order valence-electron chi connectivity index (χ1n) is 7.27. The number of carbonyl (C=O) groups is 1. The molecule has 2 aromatic rings. The maximum Gasteiger partial charge on any atom is 0.270 e. The van der Waals surface area contributed by atoms with E-state index in [1.807, 2.05) is 24.3 Å². The van der Waals surface area contributed by atoms with Crippen LogP contribution in [-0.2, 0) is 10.3 Å². The van der Waals surface area contributed by atoms with Crippen LogP contribution in [0.3, 0.4) is 0 Å². The van der Waals surface area contributed by atoms with Gasteiger partial charge in [0.2, 0.25) is 0 Å². The molecule has 0 radical (unpaired) electrons. The SMILES string of the molecule is O=C(NC1(c2ccc(Cl)cc2)CCOCC1)c1ccccn1. The zero-order valence-electron chi connectivity index (χ0n) is 12.1. The minimum absolute atomic E-state index is 0.169. The fourth-order valence-electron chi connectivity index (χ4n) is 2.75. The van der Waals surface area contributed by atoms with E-state index >= 15 is 0 Å². The minimum atomic E-state index is -0.433. The summed E-state index contributed by atoms with van der Waals surface area (Å²) in [6.45, 7) is 1.23. The first kappa shape index (κ1) is 15.0. The maximum absolute atomic E-state index is 12.5. The number of hydrogen-bond donors (Lipinski definition) is 1. The van der Waals surface area contributed by atoms with Crippen molar-refractivity contribution in [3.63, 3.8) is 0 Å². The van der Waals surface area contributed by atoms with Crippen LogP contribution in [0.1, 0.15) is 28.9 Å². The lowest BCUT2D eigenvalue weighted by Gasteiger charge is -2.38. The highest BCUT2D eigenvalue weighted by Crippen LogP contribution is 2.33. The molecule has 3 rings (SSSR count). The van der Waals surface area contributed by atoms with Gasteiger partial charge in [-0.2, -0.15) is 0 Å². The van der Waals surface area contributed by atoms with Gasteiger partial charge in [0.15, 0.2) is 0 Å². The zero-order chi connectivity index (χ0) is 15.4. The van der Waals surface area contributed by atoms with Crippen molar-refractivity contribution < 1.29 is 9.53 Å². The predicted octanol–water partition coefficient (Wildman–Crippen LogP) is 3.17. The van der Waals surface area contributed by atoms with E-state index < -0.39 is 5.54 Å². The summed E-state index contributed by atoms with van der Waals surface area (Å²) in [4.78, 5) is 16.6. The molecular weight excluding hydrogens is 300 g/mol. The Morgan fingerprint density at radius 3 is 2.50 bits per heavy atom. The van der Waals surface area contributed by atoms with Crippen molar-refractivity contribution >= 4 is 17.5 Å². The number of aromatic nitrogens is 1. The Morgan fingerprint density at radius 1 is 1.14 bits per heavy atom. The Kier molecular flexibility index (Phi) is 4.41. The second-order valence-corrected chi connectivity index (χ2v) is 5.81. The highest BCUT2D eigenvalue weighted by Gasteiger charge is 2.36. The molecule has 0 bridgehead atoms. The summed E-state index contributed by atoms with van der Waals surface area (Å²) < 4.78 is 5.46. The van der Waals surface area contributed by atoms with Gasteiger partial charge in [-0.1, -0.05) is 29.8 Å². The molecule has 1 aromatic carbocycles. The van der Waals surface area contributed by atoms with E-state index in [4.69, 9.17) is 16.3 Å². The summed E-state index contributed by atoms with van der Waals surface area (Å²) in [5, 5.41) is 3.84. The maximum atomic E-state index is 12.5. The van der Waals surface area contributed by atoms with Crippen LogP contribution < -0.4 is 5.32 Å². The lowest BCUT2D eigenvalue weighted by molar-refractivity contribution is 0.0344. The molecule has 1 N–H and O–H groups in total. The van der Waals surface area contributed by atoms with E-state index in [9.17, 15) is 4.79 Å². The van der Waals surface area contributed by atoms with Gasteiger partial charge in [-0.3, -0.25) is 9.78 Å². The molecule has 2 heterocycles. The smallest absolute Gasteiger partial charge is 0.270 e. The molecule has 0 spiro atoms. The number of hydrogen-bond acceptors (Lipinski definition) is 3. The Hall–Kier alpha value is -1.91. The summed E-state index contributed by atoms with van der Waals surface area (Å²) in [6.07, 6.45) is 3.08. The molecule has 0 atom stereocenters. The summed E-state index contributed by atoms with van der Waals surface area (Å²) in [7, 11) is 0. The van der Waals surface area contributed by atoms with Gasteiger partial charge < -0.3 is 10.1 Å². The third-order valence-corrected chi connectivity index (χ3v) is 4.25. The number of ether oxygens (including phenoxy) is 1. The Labute approximate surface area is 134 Å². The molecule has 1 aromatic heterocycles. The highest BCUT2D eigenvalue weighted by atomic mass is 35.5. The van der Waals surface area contributed by atoms with Crippen molar-refractivity contribution in [2.75, 3.05) is 13.2 Å². The summed E-state index contributed by atoms with van der Waals surface area (Å²) in [5.74, 6) is -0.169. The molecule has 1 fully saturated rings. The normalized spacial score (nSPS) is 17.0. The summed E-state index contributed by atoms with van der Waals surface area (Å²) in [6, 6.07) is 12.9. The fourth-order valence-corrected chi connectivity index (χ4v) is 2.88. The molecule has 0 aliphatic carbocycles. The van der Waals surface area contributed by atoms with Crippen molar-refractivity contribution in [3.8, 4) is 0 Å². The van der Waals surface area contributed by atoms with Crippen LogP contribution in [0.25, 0.3) is 0 Å². The van der Waals surface area contributed by atoms with Crippen molar-refractivity contribution in [1.82, 2.24) is 10.3 Å². The van der Waals surface area contributed by atoms with Gasteiger partial charge in [-0.25, -0.2) is 0 Å². The first-order valence-corrected chi connectivity index (χ1v) is 7.65. The lowest BCUT2D eigenvalue weighted by atomic mass is 9.82. The van der Waals surface area contributed by atoms with Crippen LogP contribution in [0.15, 0.2) is 48.7 Å². The van der Waals surface area contributed by atoms with Crippen LogP contribution in [0.5, 0.6) is 0 Å². The average Bonchev–Trinajstić information content (AvgIpc) is 2.57. The molecule has 0 unspecified atom stereocenters. The van der Waals surface area contributed by atoms with Gasteiger partial charge >= 0.3 is 0 Å². The van der Waals surface area contributed by atoms with Gasteiger partial charge in [0, 0.05) is 24.4 Å². The number of benzene rings is 1. The van der Waals surface area contributed by atoms with E-state index in [1.54, 1.807) is 24.4 Å². The van der Waals surface area contributed by atoms with Gasteiger partial charge in [-0.05, 0) is 42.7 Å². The average molecular weight is 317 g/mol. The molecule has 1 aliphatic heterocycles. The zero-order valence-corrected chi connectivity index (χ0v) is 12.8. The fraction of sp³-hybridized carbons (Fsp3) is 0.294. The van der Waals surface area contributed by atoms with E-state index in [-0.39, 0.29) is 5.91 Å². The number of carbonyl (C=O) groups excluding carboxylic acids is 1. The van der Waals surface area contributed by atoms with Gasteiger partial charge in [0.25, 0.3) is 5.91 Å². The van der Waals surface area contributed by atoms with Crippen LogP contribution >= 0.6 is 11.6 Å². The molecule has 4 nitrogen and oxygen atoms in total. The van der Waals surface area contributed by atoms with Gasteiger partial charge in [0.1, 0.15) is 5.69 Å². The number of halogens is 1. The first-order chi connectivity index (χ1) is 10.7. The molecule has 5 heteroatoms. The number of nitrogens with one attached hydrogen (secondary N) is 1. The second kappa shape index (κ2) is 6.46. The number of pyridine rings is 1. The Balaban J connectivity index is 1.89. The van der Waals surface area contributed by atoms with Crippen LogP contribution in [0.4, 0.5) is 0 Å². The molecule has 114 valence electrons. The molecule has 1 aliphatic rings. The third-order valence-electron chi connectivity index (χ3n) is 3.99. The number of nitrogens with zero attached hydrogens (tertiary/aromatic N) is 1. The van der Waals surface area contributed by atoms with E-state index in [1.165, 1.54) is 0 Å². The summed E-state index contributed by atoms with van der Waals surface area (Å²) >= 11 is 5.98. The molecule has 0 saturated carbocycles. The van der Waals surface area contributed by atoms with Crippen molar-refractivity contribution in [2.45, 2.75) is 18.4 Å². The van der Waals surface area contributed by atoms with E-state index in [0.717, 1.165) is 18.4 Å². The Bertz CT molecular complexity index is 637. The van der Waals surface area contributed by atoms with Gasteiger partial charge in [0.05, 0.1) is 5.54 Å². The van der Waals surface area contributed by atoms with Crippen LogP contribution in [0.2, 0.25) is 5.02 Å². The lowest BCUT2D eigenvalue weighted by Crippen LogP contribution is -2.49. The molecule has 1 saturated heterocycles. The topological polar surface area (TPSA) is 51.2 Å². The molecule has 1 amide bonds. The Morgan fingerprint density at radius 2 is 1.86 bits per heavy atom. The molecule has 22 heavy (non-hydrogen) atoms. The highest BCUT2D eigenvalue weighted by molar-refractivity contribution is 6.30. The number of rotatable bonds is 3. The monoisotopic (exact) mass is 316 g/mol. The van der Waals surface area contributed by atoms with Crippen LogP contribution in [-0.4, -0.2) is 24.1 Å².